The number of aryl methyl sites for hydroxylation is 1. The lowest BCUT2D eigenvalue weighted by Gasteiger charge is -2.01. The van der Waals surface area contributed by atoms with Crippen LogP contribution in [0.1, 0.15) is 31.9 Å². The molecule has 3 N–H and O–H groups in total. The lowest BCUT2D eigenvalue weighted by molar-refractivity contribution is 0.558. The summed E-state index contributed by atoms with van der Waals surface area (Å²) in [5.74, 6) is 0.367. The Kier molecular flexibility index (Phi) is 3.31. The van der Waals surface area contributed by atoms with Crippen molar-refractivity contribution in [3.63, 3.8) is 0 Å². The fourth-order valence-corrected chi connectivity index (χ4v) is 1.17. The number of H-pyrrole nitrogens is 1. The number of rotatable bonds is 4. The number of nitrogens with one attached hydrogen (secondary N) is 1. The molecule has 0 atom stereocenters. The van der Waals surface area contributed by atoms with Crippen LogP contribution < -0.4 is 11.3 Å². The zero-order valence-electron chi connectivity index (χ0n) is 8.21. The van der Waals surface area contributed by atoms with Gasteiger partial charge in [-0.1, -0.05) is 13.8 Å². The number of aromatic amines is 1. The number of nitrogens with zero attached hydrogens (tertiary/aromatic N) is 1. The molecule has 13 heavy (non-hydrogen) atoms. The van der Waals surface area contributed by atoms with Crippen molar-refractivity contribution >= 4 is 0 Å². The average Bonchev–Trinajstić information content (AvgIpc) is 2.44. The zero-order chi connectivity index (χ0) is 9.84. The second-order valence-corrected chi connectivity index (χ2v) is 3.50. The topological polar surface area (TPSA) is 63.8 Å². The van der Waals surface area contributed by atoms with E-state index in [0.29, 0.717) is 19.0 Å². The van der Waals surface area contributed by atoms with Gasteiger partial charge in [-0.25, -0.2) is 0 Å². The molecule has 0 saturated heterocycles. The Morgan fingerprint density at radius 3 is 2.77 bits per heavy atom. The smallest absolute Gasteiger partial charge is 0.266 e. The van der Waals surface area contributed by atoms with E-state index in [2.05, 4.69) is 18.9 Å². The van der Waals surface area contributed by atoms with Crippen molar-refractivity contribution in [3.05, 3.63) is 22.1 Å². The molecule has 0 spiro atoms. The summed E-state index contributed by atoms with van der Waals surface area (Å²) in [5, 5.41) is 3.06. The van der Waals surface area contributed by atoms with Crippen LogP contribution in [0.5, 0.6) is 0 Å². The molecule has 1 rings (SSSR count). The quantitative estimate of drug-likeness (QED) is 0.719. The van der Waals surface area contributed by atoms with Crippen LogP contribution in [-0.4, -0.2) is 16.3 Å². The molecule has 0 unspecified atom stereocenters. The normalized spacial score (nSPS) is 11.1. The maximum atomic E-state index is 11.3. The third-order valence-electron chi connectivity index (χ3n) is 2.02. The van der Waals surface area contributed by atoms with Gasteiger partial charge in [0, 0.05) is 18.3 Å². The van der Waals surface area contributed by atoms with Gasteiger partial charge in [0.05, 0.1) is 0 Å². The maximum Gasteiger partial charge on any atom is 0.266 e. The fraction of sp³-hybridized carbons (Fsp3) is 0.667. The standard InChI is InChI=1S/C9H17N3O/c1-7(2)8-6-9(13)12(11-8)5-3-4-10/h6-7,11H,3-5,10H2,1-2H3. The van der Waals surface area contributed by atoms with Gasteiger partial charge in [0.15, 0.2) is 0 Å². The summed E-state index contributed by atoms with van der Waals surface area (Å²) in [5.41, 5.74) is 6.39. The number of hydrogen-bond donors (Lipinski definition) is 2. The van der Waals surface area contributed by atoms with Crippen molar-refractivity contribution in [1.82, 2.24) is 9.78 Å². The van der Waals surface area contributed by atoms with E-state index in [9.17, 15) is 4.79 Å². The molecule has 1 aromatic rings. The molecule has 74 valence electrons. The van der Waals surface area contributed by atoms with Gasteiger partial charge in [0.2, 0.25) is 0 Å². The molecule has 0 aliphatic rings. The van der Waals surface area contributed by atoms with Gasteiger partial charge in [0.1, 0.15) is 0 Å². The summed E-state index contributed by atoms with van der Waals surface area (Å²) >= 11 is 0. The summed E-state index contributed by atoms with van der Waals surface area (Å²) < 4.78 is 1.61. The van der Waals surface area contributed by atoms with Crippen LogP contribution >= 0.6 is 0 Å². The highest BCUT2D eigenvalue weighted by Gasteiger charge is 2.04. The van der Waals surface area contributed by atoms with E-state index in [1.54, 1.807) is 10.7 Å². The highest BCUT2D eigenvalue weighted by molar-refractivity contribution is 5.04. The average molecular weight is 183 g/mol. The minimum atomic E-state index is 0.0390. The summed E-state index contributed by atoms with van der Waals surface area (Å²) in [7, 11) is 0. The summed E-state index contributed by atoms with van der Waals surface area (Å²) in [6.07, 6.45) is 0.831. The van der Waals surface area contributed by atoms with Crippen molar-refractivity contribution < 1.29 is 0 Å². The van der Waals surface area contributed by atoms with Gasteiger partial charge in [-0.3, -0.25) is 14.6 Å². The van der Waals surface area contributed by atoms with Crippen LogP contribution in [0.3, 0.4) is 0 Å². The van der Waals surface area contributed by atoms with Crippen LogP contribution in [0.15, 0.2) is 10.9 Å². The van der Waals surface area contributed by atoms with Gasteiger partial charge in [-0.15, -0.1) is 0 Å². The first kappa shape index (κ1) is 10.1. The Balaban J connectivity index is 2.78. The second-order valence-electron chi connectivity index (χ2n) is 3.50. The van der Waals surface area contributed by atoms with E-state index in [-0.39, 0.29) is 5.56 Å². The Bertz CT molecular complexity index is 311. The molecule has 1 heterocycles. The molecule has 0 radical (unpaired) electrons. The van der Waals surface area contributed by atoms with Crippen LogP contribution in [0.2, 0.25) is 0 Å². The Labute approximate surface area is 77.7 Å². The monoisotopic (exact) mass is 183 g/mol. The summed E-state index contributed by atoms with van der Waals surface area (Å²) in [6, 6.07) is 1.65. The molecule has 0 saturated carbocycles. The van der Waals surface area contributed by atoms with Crippen LogP contribution in [0, 0.1) is 0 Å². The second kappa shape index (κ2) is 4.28. The first-order valence-electron chi connectivity index (χ1n) is 4.65. The van der Waals surface area contributed by atoms with Gasteiger partial charge in [-0.05, 0) is 18.9 Å². The third-order valence-corrected chi connectivity index (χ3v) is 2.02. The largest absolute Gasteiger partial charge is 0.330 e. The molecule has 0 aromatic carbocycles. The first-order chi connectivity index (χ1) is 6.15. The molecule has 1 aromatic heterocycles. The van der Waals surface area contributed by atoms with E-state index in [1.807, 2.05) is 0 Å². The molecule has 4 heteroatoms. The van der Waals surface area contributed by atoms with E-state index < -0.39 is 0 Å². The Hall–Kier alpha value is -1.03. The molecular formula is C9H17N3O. The van der Waals surface area contributed by atoms with Crippen molar-refractivity contribution in [2.24, 2.45) is 5.73 Å². The minimum Gasteiger partial charge on any atom is -0.330 e. The summed E-state index contributed by atoms with van der Waals surface area (Å²) in [6.45, 7) is 5.40. The maximum absolute atomic E-state index is 11.3. The van der Waals surface area contributed by atoms with Crippen LogP contribution in [-0.2, 0) is 6.54 Å². The van der Waals surface area contributed by atoms with Crippen molar-refractivity contribution in [1.29, 1.82) is 0 Å². The molecule has 4 nitrogen and oxygen atoms in total. The van der Waals surface area contributed by atoms with E-state index >= 15 is 0 Å². The fourth-order valence-electron chi connectivity index (χ4n) is 1.17. The Morgan fingerprint density at radius 1 is 1.62 bits per heavy atom. The lowest BCUT2D eigenvalue weighted by atomic mass is 10.1. The molecule has 0 aliphatic carbocycles. The number of aromatic nitrogens is 2. The highest BCUT2D eigenvalue weighted by Crippen LogP contribution is 2.07. The third kappa shape index (κ3) is 2.45. The van der Waals surface area contributed by atoms with Gasteiger partial charge < -0.3 is 5.73 Å². The SMILES string of the molecule is CC(C)c1cc(=O)n(CCCN)[nH]1. The predicted octanol–water partition coefficient (Wildman–Crippen LogP) is 0.649. The van der Waals surface area contributed by atoms with Crippen LogP contribution in [0.25, 0.3) is 0 Å². The predicted molar refractivity (Wildman–Crippen MR) is 52.8 cm³/mol. The molecule has 0 amide bonds. The van der Waals surface area contributed by atoms with Gasteiger partial charge >= 0.3 is 0 Å². The van der Waals surface area contributed by atoms with E-state index in [0.717, 1.165) is 12.1 Å². The summed E-state index contributed by atoms with van der Waals surface area (Å²) in [4.78, 5) is 11.3. The van der Waals surface area contributed by atoms with Gasteiger partial charge in [-0.2, -0.15) is 0 Å². The van der Waals surface area contributed by atoms with Crippen molar-refractivity contribution in [2.75, 3.05) is 6.54 Å². The van der Waals surface area contributed by atoms with Gasteiger partial charge in [0.25, 0.3) is 5.56 Å². The van der Waals surface area contributed by atoms with Crippen molar-refractivity contribution in [3.8, 4) is 0 Å². The minimum absolute atomic E-state index is 0.0390. The molecular weight excluding hydrogens is 166 g/mol. The lowest BCUT2D eigenvalue weighted by Crippen LogP contribution is -2.17. The van der Waals surface area contributed by atoms with Crippen LogP contribution in [0.4, 0.5) is 0 Å². The Morgan fingerprint density at radius 2 is 2.31 bits per heavy atom. The van der Waals surface area contributed by atoms with E-state index in [4.69, 9.17) is 5.73 Å². The number of hydrogen-bond acceptors (Lipinski definition) is 2. The first-order valence-corrected chi connectivity index (χ1v) is 4.65. The van der Waals surface area contributed by atoms with E-state index in [1.165, 1.54) is 0 Å². The van der Waals surface area contributed by atoms with Crippen molar-refractivity contribution in [2.45, 2.75) is 32.7 Å². The molecule has 0 aliphatic heterocycles. The number of nitrogens with two attached hydrogens (primary N) is 1. The molecule has 0 bridgehead atoms. The highest BCUT2D eigenvalue weighted by atomic mass is 16.1. The molecule has 0 fully saturated rings. The zero-order valence-corrected chi connectivity index (χ0v) is 8.21.